The van der Waals surface area contributed by atoms with Gasteiger partial charge in [-0.3, -0.25) is 9.59 Å². The molecule has 26 heavy (non-hydrogen) atoms. The molecule has 0 aromatic rings. The van der Waals surface area contributed by atoms with Crippen molar-refractivity contribution in [3.8, 4) is 0 Å². The smallest absolute Gasteiger partial charge is 0.306 e. The van der Waals surface area contributed by atoms with Crippen LogP contribution in [0, 0.1) is 0 Å². The van der Waals surface area contributed by atoms with Crippen LogP contribution >= 0.6 is 0 Å². The lowest BCUT2D eigenvalue weighted by molar-refractivity contribution is -0.151. The molecule has 0 spiro atoms. The molecule has 4 heteroatoms. The van der Waals surface area contributed by atoms with Crippen LogP contribution in [-0.4, -0.2) is 24.1 Å². The highest BCUT2D eigenvalue weighted by molar-refractivity contribution is 5.69. The third kappa shape index (κ3) is 14.1. The summed E-state index contributed by atoms with van der Waals surface area (Å²) in [6.07, 6.45) is 12.9. The zero-order valence-corrected chi connectivity index (χ0v) is 17.7. The van der Waals surface area contributed by atoms with E-state index in [0.29, 0.717) is 12.8 Å². The number of unbranched alkanes of at least 4 members (excludes halogenated alkanes) is 5. The lowest BCUT2D eigenvalue weighted by Crippen LogP contribution is -2.17. The van der Waals surface area contributed by atoms with Crippen molar-refractivity contribution in [2.45, 2.75) is 130 Å². The molecule has 2 atom stereocenters. The summed E-state index contributed by atoms with van der Waals surface area (Å²) in [6.45, 7) is 8.44. The number of esters is 2. The minimum Gasteiger partial charge on any atom is -0.462 e. The molecule has 0 fully saturated rings. The molecule has 0 aliphatic heterocycles. The van der Waals surface area contributed by atoms with E-state index in [-0.39, 0.29) is 24.1 Å². The van der Waals surface area contributed by atoms with E-state index in [1.54, 1.807) is 0 Å². The van der Waals surface area contributed by atoms with E-state index >= 15 is 0 Å². The minimum absolute atomic E-state index is 0.0749. The molecule has 0 radical (unpaired) electrons. The minimum atomic E-state index is -0.0749. The second-order valence-corrected chi connectivity index (χ2v) is 7.24. The first-order valence-corrected chi connectivity index (χ1v) is 11.0. The Balaban J connectivity index is 3.70. The van der Waals surface area contributed by atoms with Crippen LogP contribution in [0.4, 0.5) is 0 Å². The Morgan fingerprint density at radius 3 is 1.31 bits per heavy atom. The van der Waals surface area contributed by atoms with Crippen LogP contribution in [0.1, 0.15) is 118 Å². The van der Waals surface area contributed by atoms with E-state index < -0.39 is 0 Å². The van der Waals surface area contributed by atoms with Crippen molar-refractivity contribution in [3.63, 3.8) is 0 Å². The van der Waals surface area contributed by atoms with E-state index in [2.05, 4.69) is 27.7 Å². The van der Waals surface area contributed by atoms with Gasteiger partial charge in [0.2, 0.25) is 0 Å². The molecule has 0 aliphatic rings. The quantitative estimate of drug-likeness (QED) is 0.221. The molecule has 0 aromatic carbocycles. The number of ether oxygens (including phenoxy) is 2. The first-order chi connectivity index (χ1) is 12.6. The highest BCUT2D eigenvalue weighted by Crippen LogP contribution is 2.13. The summed E-state index contributed by atoms with van der Waals surface area (Å²) in [4.78, 5) is 23.7. The topological polar surface area (TPSA) is 52.6 Å². The highest BCUT2D eigenvalue weighted by atomic mass is 16.5. The zero-order valence-electron chi connectivity index (χ0n) is 17.7. The van der Waals surface area contributed by atoms with Crippen molar-refractivity contribution in [2.24, 2.45) is 0 Å². The number of hydrogen-bond donors (Lipinski definition) is 0. The molecular formula is C22H42O4. The van der Waals surface area contributed by atoms with E-state index in [0.717, 1.165) is 77.0 Å². The Morgan fingerprint density at radius 2 is 1.00 bits per heavy atom. The average molecular weight is 371 g/mol. The van der Waals surface area contributed by atoms with Gasteiger partial charge in [-0.2, -0.15) is 0 Å². The summed E-state index contributed by atoms with van der Waals surface area (Å²) in [5.41, 5.74) is 0. The van der Waals surface area contributed by atoms with Gasteiger partial charge in [0.15, 0.2) is 0 Å². The van der Waals surface area contributed by atoms with Gasteiger partial charge < -0.3 is 9.47 Å². The number of rotatable bonds is 17. The molecule has 0 N–H and O–H groups in total. The first kappa shape index (κ1) is 24.9. The predicted octanol–water partition coefficient (Wildman–Crippen LogP) is 6.35. The van der Waals surface area contributed by atoms with Crippen molar-refractivity contribution in [1.82, 2.24) is 0 Å². The fraction of sp³-hybridized carbons (Fsp3) is 0.909. The van der Waals surface area contributed by atoms with Crippen LogP contribution in [0.5, 0.6) is 0 Å². The largest absolute Gasteiger partial charge is 0.462 e. The Kier molecular flexibility index (Phi) is 16.7. The van der Waals surface area contributed by atoms with Gasteiger partial charge in [-0.15, -0.1) is 0 Å². The van der Waals surface area contributed by atoms with Gasteiger partial charge in [-0.25, -0.2) is 0 Å². The van der Waals surface area contributed by atoms with Crippen molar-refractivity contribution >= 4 is 11.9 Å². The lowest BCUT2D eigenvalue weighted by atomic mass is 10.1. The van der Waals surface area contributed by atoms with Crippen LogP contribution < -0.4 is 0 Å². The van der Waals surface area contributed by atoms with Gasteiger partial charge in [0.25, 0.3) is 0 Å². The molecule has 0 heterocycles. The summed E-state index contributed by atoms with van der Waals surface area (Å²) >= 11 is 0. The molecule has 0 saturated heterocycles. The van der Waals surface area contributed by atoms with Crippen molar-refractivity contribution in [2.75, 3.05) is 0 Å². The third-order valence-corrected chi connectivity index (χ3v) is 4.78. The predicted molar refractivity (Wildman–Crippen MR) is 107 cm³/mol. The Labute approximate surface area is 161 Å². The van der Waals surface area contributed by atoms with Crippen LogP contribution in [0.25, 0.3) is 0 Å². The molecule has 0 aliphatic carbocycles. The molecular weight excluding hydrogens is 328 g/mol. The standard InChI is InChI=1S/C22H42O4/c1-5-9-15-19(7-3)25-21(23)17-13-11-12-14-18-22(24)26-20(8-4)16-10-6-2/h19-20H,5-18H2,1-4H3. The monoisotopic (exact) mass is 370 g/mol. The Morgan fingerprint density at radius 1 is 0.615 bits per heavy atom. The Hall–Kier alpha value is -1.06. The molecule has 154 valence electrons. The van der Waals surface area contributed by atoms with Gasteiger partial charge in [-0.1, -0.05) is 66.2 Å². The maximum absolute atomic E-state index is 11.9. The maximum atomic E-state index is 11.9. The number of carbonyl (C=O) groups is 2. The first-order valence-electron chi connectivity index (χ1n) is 11.0. The zero-order chi connectivity index (χ0) is 19.6. The second-order valence-electron chi connectivity index (χ2n) is 7.24. The summed E-state index contributed by atoms with van der Waals surface area (Å²) < 4.78 is 11.0. The van der Waals surface area contributed by atoms with Crippen LogP contribution in [0.2, 0.25) is 0 Å². The van der Waals surface area contributed by atoms with Gasteiger partial charge in [0.1, 0.15) is 12.2 Å². The Bertz CT molecular complexity index is 320. The van der Waals surface area contributed by atoms with Gasteiger partial charge in [0, 0.05) is 12.8 Å². The summed E-state index contributed by atoms with van der Waals surface area (Å²) in [7, 11) is 0. The van der Waals surface area contributed by atoms with E-state index in [4.69, 9.17) is 9.47 Å². The molecule has 0 aromatic heterocycles. The average Bonchev–Trinajstić information content (AvgIpc) is 2.64. The van der Waals surface area contributed by atoms with Crippen LogP contribution in [0.3, 0.4) is 0 Å². The molecule has 2 unspecified atom stereocenters. The molecule has 0 rings (SSSR count). The van der Waals surface area contributed by atoms with Gasteiger partial charge >= 0.3 is 11.9 Å². The van der Waals surface area contributed by atoms with Gasteiger partial charge in [0.05, 0.1) is 0 Å². The normalized spacial score (nSPS) is 13.2. The number of hydrogen-bond acceptors (Lipinski definition) is 4. The van der Waals surface area contributed by atoms with E-state index in [1.165, 1.54) is 0 Å². The van der Waals surface area contributed by atoms with Crippen molar-refractivity contribution in [1.29, 1.82) is 0 Å². The molecule has 0 bridgehead atoms. The molecule has 4 nitrogen and oxygen atoms in total. The van der Waals surface area contributed by atoms with Crippen LogP contribution in [-0.2, 0) is 19.1 Å². The SMILES string of the molecule is CCCCC(CC)OC(=O)CCCCCCC(=O)OC(CC)CCCC. The fourth-order valence-electron chi connectivity index (χ4n) is 2.94. The number of carbonyl (C=O) groups excluding carboxylic acids is 2. The summed E-state index contributed by atoms with van der Waals surface area (Å²) in [5, 5.41) is 0. The molecule has 0 saturated carbocycles. The fourth-order valence-corrected chi connectivity index (χ4v) is 2.94. The highest BCUT2D eigenvalue weighted by Gasteiger charge is 2.13. The molecule has 0 amide bonds. The van der Waals surface area contributed by atoms with Gasteiger partial charge in [-0.05, 0) is 38.5 Å². The third-order valence-electron chi connectivity index (χ3n) is 4.78. The summed E-state index contributed by atoms with van der Waals surface area (Å²) in [6, 6.07) is 0. The van der Waals surface area contributed by atoms with Crippen LogP contribution in [0.15, 0.2) is 0 Å². The summed E-state index contributed by atoms with van der Waals surface area (Å²) in [5.74, 6) is -0.150. The lowest BCUT2D eigenvalue weighted by Gasteiger charge is -2.16. The van der Waals surface area contributed by atoms with Crippen molar-refractivity contribution < 1.29 is 19.1 Å². The van der Waals surface area contributed by atoms with E-state index in [9.17, 15) is 9.59 Å². The second kappa shape index (κ2) is 17.4. The maximum Gasteiger partial charge on any atom is 0.306 e. The van der Waals surface area contributed by atoms with Crippen molar-refractivity contribution in [3.05, 3.63) is 0 Å². The van der Waals surface area contributed by atoms with E-state index in [1.807, 2.05) is 0 Å².